The Balaban J connectivity index is 2.06. The van der Waals surface area contributed by atoms with Crippen LogP contribution in [0.15, 0.2) is 54.6 Å². The van der Waals surface area contributed by atoms with Crippen molar-refractivity contribution in [3.05, 3.63) is 60.2 Å². The number of nitrogens with one attached hydrogen (secondary N) is 1. The molecule has 0 saturated carbocycles. The van der Waals surface area contributed by atoms with Crippen LogP contribution in [0.3, 0.4) is 0 Å². The number of nitrogens with zero attached hydrogens (tertiary/aromatic N) is 1. The Labute approximate surface area is 119 Å². The van der Waals surface area contributed by atoms with Gasteiger partial charge >= 0.3 is 6.03 Å². The van der Waals surface area contributed by atoms with E-state index in [2.05, 4.69) is 5.32 Å². The average molecular weight is 269 g/mol. The molecule has 3 N–H and O–H groups in total. The van der Waals surface area contributed by atoms with Crippen molar-refractivity contribution < 1.29 is 4.79 Å². The number of hydrogen-bond acceptors (Lipinski definition) is 2. The fourth-order valence-electron chi connectivity index (χ4n) is 1.95. The Hall–Kier alpha value is -2.49. The number of carbonyl (C=O) groups excluding carboxylic acids is 1. The molecule has 0 saturated heterocycles. The minimum absolute atomic E-state index is 0.0535. The van der Waals surface area contributed by atoms with Gasteiger partial charge in [-0.3, -0.25) is 0 Å². The zero-order valence-electron chi connectivity index (χ0n) is 11.7. The van der Waals surface area contributed by atoms with Crippen molar-refractivity contribution in [3.63, 3.8) is 0 Å². The third-order valence-corrected chi connectivity index (χ3v) is 3.32. The van der Waals surface area contributed by atoms with Crippen molar-refractivity contribution in [2.75, 3.05) is 18.1 Å². The summed E-state index contributed by atoms with van der Waals surface area (Å²) < 4.78 is 0. The largest absolute Gasteiger partial charge is 0.399 e. The fraction of sp³-hybridized carbons (Fsp3) is 0.188. The van der Waals surface area contributed by atoms with Crippen LogP contribution in [0.25, 0.3) is 0 Å². The van der Waals surface area contributed by atoms with Gasteiger partial charge in [-0.15, -0.1) is 0 Å². The van der Waals surface area contributed by atoms with Crippen LogP contribution in [0.1, 0.15) is 18.5 Å². The Morgan fingerprint density at radius 2 is 1.85 bits per heavy atom. The van der Waals surface area contributed by atoms with Crippen LogP contribution in [0.4, 0.5) is 16.2 Å². The molecule has 4 heteroatoms. The van der Waals surface area contributed by atoms with Gasteiger partial charge in [-0.1, -0.05) is 30.3 Å². The third-order valence-electron chi connectivity index (χ3n) is 3.32. The van der Waals surface area contributed by atoms with Crippen molar-refractivity contribution >= 4 is 17.4 Å². The molecule has 0 fully saturated rings. The Bertz CT molecular complexity index is 583. The van der Waals surface area contributed by atoms with E-state index in [9.17, 15) is 4.79 Å². The van der Waals surface area contributed by atoms with Crippen molar-refractivity contribution in [3.8, 4) is 0 Å². The molecule has 0 heterocycles. The van der Waals surface area contributed by atoms with Gasteiger partial charge in [0.25, 0.3) is 0 Å². The molecule has 2 aromatic rings. The van der Waals surface area contributed by atoms with Gasteiger partial charge in [-0.2, -0.15) is 0 Å². The molecule has 104 valence electrons. The molecule has 2 rings (SSSR count). The first-order valence-electron chi connectivity index (χ1n) is 6.52. The quantitative estimate of drug-likeness (QED) is 0.838. The number of amides is 2. The molecule has 0 aliphatic heterocycles. The fourth-order valence-corrected chi connectivity index (χ4v) is 1.95. The third kappa shape index (κ3) is 3.29. The molecule has 0 radical (unpaired) electrons. The molecular weight excluding hydrogens is 250 g/mol. The van der Waals surface area contributed by atoms with Crippen LogP contribution in [0.5, 0.6) is 0 Å². The molecule has 0 spiro atoms. The summed E-state index contributed by atoms with van der Waals surface area (Å²) in [5.74, 6) is 0. The van der Waals surface area contributed by atoms with E-state index in [-0.39, 0.29) is 12.1 Å². The molecular formula is C16H19N3O. The summed E-state index contributed by atoms with van der Waals surface area (Å²) in [5, 5.41) is 2.86. The molecule has 1 atom stereocenters. The van der Waals surface area contributed by atoms with E-state index in [0.29, 0.717) is 5.69 Å². The van der Waals surface area contributed by atoms with Crippen LogP contribution in [0.2, 0.25) is 0 Å². The number of nitrogen functional groups attached to an aromatic ring is 1. The number of nitrogens with two attached hydrogens (primary N) is 1. The van der Waals surface area contributed by atoms with Gasteiger partial charge in [0, 0.05) is 18.4 Å². The minimum Gasteiger partial charge on any atom is -0.399 e. The molecule has 0 aromatic heterocycles. The Morgan fingerprint density at radius 3 is 2.50 bits per heavy atom. The molecule has 2 amide bonds. The standard InChI is InChI=1S/C16H19N3O/c1-12(13-7-6-8-14(17)11-13)19(2)16(20)18-15-9-4-3-5-10-15/h3-12H,17H2,1-2H3,(H,18,20). The number of urea groups is 1. The van der Waals surface area contributed by atoms with Crippen molar-refractivity contribution in [2.24, 2.45) is 0 Å². The number of rotatable bonds is 3. The minimum atomic E-state index is -0.147. The monoisotopic (exact) mass is 269 g/mol. The number of benzene rings is 2. The Morgan fingerprint density at radius 1 is 1.15 bits per heavy atom. The van der Waals surface area contributed by atoms with E-state index >= 15 is 0 Å². The SMILES string of the molecule is CC(c1cccc(N)c1)N(C)C(=O)Nc1ccccc1. The summed E-state index contributed by atoms with van der Waals surface area (Å²) >= 11 is 0. The van der Waals surface area contributed by atoms with E-state index in [1.807, 2.05) is 61.5 Å². The normalized spacial score (nSPS) is 11.7. The second kappa shape index (κ2) is 6.10. The van der Waals surface area contributed by atoms with Gasteiger partial charge in [0.1, 0.15) is 0 Å². The first-order valence-corrected chi connectivity index (χ1v) is 6.52. The van der Waals surface area contributed by atoms with Crippen LogP contribution in [0, 0.1) is 0 Å². The summed E-state index contributed by atoms with van der Waals surface area (Å²) in [7, 11) is 1.77. The van der Waals surface area contributed by atoms with E-state index in [1.54, 1.807) is 11.9 Å². The van der Waals surface area contributed by atoms with Crippen LogP contribution in [-0.2, 0) is 0 Å². The molecule has 0 aliphatic carbocycles. The average Bonchev–Trinajstić information content (AvgIpc) is 2.46. The number of hydrogen-bond donors (Lipinski definition) is 2. The summed E-state index contributed by atoms with van der Waals surface area (Å²) in [5.41, 5.74) is 8.27. The lowest BCUT2D eigenvalue weighted by Gasteiger charge is -2.25. The summed E-state index contributed by atoms with van der Waals surface area (Å²) in [6, 6.07) is 16.8. The highest BCUT2D eigenvalue weighted by Crippen LogP contribution is 2.21. The maximum atomic E-state index is 12.2. The maximum absolute atomic E-state index is 12.2. The smallest absolute Gasteiger partial charge is 0.322 e. The zero-order chi connectivity index (χ0) is 14.5. The second-order valence-corrected chi connectivity index (χ2v) is 4.75. The van der Waals surface area contributed by atoms with E-state index < -0.39 is 0 Å². The van der Waals surface area contributed by atoms with Gasteiger partial charge in [0.2, 0.25) is 0 Å². The molecule has 20 heavy (non-hydrogen) atoms. The van der Waals surface area contributed by atoms with E-state index in [1.165, 1.54) is 0 Å². The maximum Gasteiger partial charge on any atom is 0.322 e. The summed E-state index contributed by atoms with van der Waals surface area (Å²) in [6.45, 7) is 1.97. The lowest BCUT2D eigenvalue weighted by molar-refractivity contribution is 0.208. The van der Waals surface area contributed by atoms with Crippen molar-refractivity contribution in [1.29, 1.82) is 0 Å². The number of para-hydroxylation sites is 1. The molecule has 4 nitrogen and oxygen atoms in total. The topological polar surface area (TPSA) is 58.4 Å². The second-order valence-electron chi connectivity index (χ2n) is 4.75. The first kappa shape index (κ1) is 13.9. The van der Waals surface area contributed by atoms with Gasteiger partial charge in [-0.25, -0.2) is 4.79 Å². The first-order chi connectivity index (χ1) is 9.58. The van der Waals surface area contributed by atoms with E-state index in [4.69, 9.17) is 5.73 Å². The highest BCUT2D eigenvalue weighted by atomic mass is 16.2. The summed E-state index contributed by atoms with van der Waals surface area (Å²) in [6.07, 6.45) is 0. The highest BCUT2D eigenvalue weighted by molar-refractivity contribution is 5.89. The predicted molar refractivity (Wildman–Crippen MR) is 82.5 cm³/mol. The molecule has 0 aliphatic rings. The van der Waals surface area contributed by atoms with Gasteiger partial charge in [-0.05, 0) is 36.8 Å². The Kier molecular flexibility index (Phi) is 4.25. The molecule has 0 bridgehead atoms. The van der Waals surface area contributed by atoms with E-state index in [0.717, 1.165) is 11.3 Å². The lowest BCUT2D eigenvalue weighted by Crippen LogP contribution is -2.33. The zero-order valence-corrected chi connectivity index (χ0v) is 11.7. The lowest BCUT2D eigenvalue weighted by atomic mass is 10.1. The van der Waals surface area contributed by atoms with Gasteiger partial charge in [0.15, 0.2) is 0 Å². The summed E-state index contributed by atoms with van der Waals surface area (Å²) in [4.78, 5) is 13.9. The van der Waals surface area contributed by atoms with Gasteiger partial charge in [0.05, 0.1) is 6.04 Å². The van der Waals surface area contributed by atoms with Crippen molar-refractivity contribution in [1.82, 2.24) is 4.90 Å². The molecule has 2 aromatic carbocycles. The molecule has 1 unspecified atom stereocenters. The van der Waals surface area contributed by atoms with Crippen LogP contribution < -0.4 is 11.1 Å². The number of carbonyl (C=O) groups is 1. The predicted octanol–water partition coefficient (Wildman–Crippen LogP) is 3.49. The van der Waals surface area contributed by atoms with Crippen LogP contribution in [-0.4, -0.2) is 18.0 Å². The van der Waals surface area contributed by atoms with Gasteiger partial charge < -0.3 is 16.0 Å². The van der Waals surface area contributed by atoms with Crippen LogP contribution >= 0.6 is 0 Å². The van der Waals surface area contributed by atoms with Crippen molar-refractivity contribution in [2.45, 2.75) is 13.0 Å². The highest BCUT2D eigenvalue weighted by Gasteiger charge is 2.17. The number of anilines is 2.